The maximum atomic E-state index is 11.6. The lowest BCUT2D eigenvalue weighted by Crippen LogP contribution is -2.33. The monoisotopic (exact) mass is 332 g/mol. The third-order valence-corrected chi connectivity index (χ3v) is 4.23. The molecule has 11 nitrogen and oxygen atoms in total. The molecule has 2 aromatic heterocycles. The standard InChI is InChI=1S/C10H13N4O7P/c15-6-4(1-22(18,19)20)21-10(7(6)16)14-3-13-5-8(14)11-2-12-9(5)17/h2-4,6-7,10,15-16H,1H2,(H,11,12,17)(H2,18,19,20)/t4-,6-,7-,10-/m1/s1. The lowest BCUT2D eigenvalue weighted by atomic mass is 10.1. The zero-order valence-corrected chi connectivity index (χ0v) is 11.9. The van der Waals surface area contributed by atoms with Gasteiger partial charge in [-0.25, -0.2) is 9.97 Å². The molecule has 3 rings (SSSR count). The van der Waals surface area contributed by atoms with E-state index in [4.69, 9.17) is 14.5 Å². The van der Waals surface area contributed by atoms with Gasteiger partial charge in [0, 0.05) is 0 Å². The number of imidazole rings is 1. The third kappa shape index (κ3) is 2.58. The highest BCUT2D eigenvalue weighted by Gasteiger charge is 2.46. The van der Waals surface area contributed by atoms with Gasteiger partial charge in [0.05, 0.1) is 18.8 Å². The van der Waals surface area contributed by atoms with Crippen LogP contribution in [-0.4, -0.2) is 64.0 Å². The van der Waals surface area contributed by atoms with Crippen molar-refractivity contribution in [3.63, 3.8) is 0 Å². The minimum Gasteiger partial charge on any atom is -0.387 e. The summed E-state index contributed by atoms with van der Waals surface area (Å²) in [5, 5.41) is 19.9. The third-order valence-electron chi connectivity index (χ3n) is 3.39. The molecule has 0 aromatic carbocycles. The molecule has 22 heavy (non-hydrogen) atoms. The van der Waals surface area contributed by atoms with Crippen molar-refractivity contribution in [2.24, 2.45) is 0 Å². The highest BCUT2D eigenvalue weighted by molar-refractivity contribution is 7.51. The number of ether oxygens (including phenoxy) is 1. The van der Waals surface area contributed by atoms with Crippen molar-refractivity contribution in [2.45, 2.75) is 24.5 Å². The highest BCUT2D eigenvalue weighted by atomic mass is 31.2. The van der Waals surface area contributed by atoms with Crippen molar-refractivity contribution in [1.29, 1.82) is 0 Å². The second kappa shape index (κ2) is 5.23. The Hall–Kier alpha value is -1.62. The molecule has 0 radical (unpaired) electrons. The summed E-state index contributed by atoms with van der Waals surface area (Å²) in [5.41, 5.74) is -0.341. The van der Waals surface area contributed by atoms with Gasteiger partial charge in [0.25, 0.3) is 5.56 Å². The minimum absolute atomic E-state index is 0.0197. The molecule has 12 heteroatoms. The van der Waals surface area contributed by atoms with Crippen molar-refractivity contribution in [3.8, 4) is 0 Å². The van der Waals surface area contributed by atoms with Crippen LogP contribution in [0.2, 0.25) is 0 Å². The van der Waals surface area contributed by atoms with E-state index in [1.54, 1.807) is 0 Å². The van der Waals surface area contributed by atoms with Crippen LogP contribution >= 0.6 is 7.60 Å². The molecule has 0 amide bonds. The number of H-pyrrole nitrogens is 1. The first-order chi connectivity index (χ1) is 10.3. The zero-order valence-electron chi connectivity index (χ0n) is 11.0. The van der Waals surface area contributed by atoms with Crippen LogP contribution in [0.4, 0.5) is 0 Å². The van der Waals surface area contributed by atoms with Crippen molar-refractivity contribution < 1.29 is 29.3 Å². The average Bonchev–Trinajstić information content (AvgIpc) is 2.95. The molecule has 4 atom stereocenters. The maximum Gasteiger partial charge on any atom is 0.328 e. The summed E-state index contributed by atoms with van der Waals surface area (Å²) in [6, 6.07) is 0. The fraction of sp³-hybridized carbons (Fsp3) is 0.500. The average molecular weight is 332 g/mol. The Balaban J connectivity index is 1.96. The van der Waals surface area contributed by atoms with Crippen molar-refractivity contribution in [3.05, 3.63) is 23.0 Å². The molecule has 2 aromatic rings. The first-order valence-electron chi connectivity index (χ1n) is 6.24. The molecule has 0 saturated carbocycles. The number of hydrogen-bond donors (Lipinski definition) is 5. The summed E-state index contributed by atoms with van der Waals surface area (Å²) < 4.78 is 17.6. The van der Waals surface area contributed by atoms with Gasteiger partial charge in [-0.15, -0.1) is 0 Å². The van der Waals surface area contributed by atoms with Crippen LogP contribution in [0.5, 0.6) is 0 Å². The molecular weight excluding hydrogens is 319 g/mol. The summed E-state index contributed by atoms with van der Waals surface area (Å²) in [7, 11) is -4.43. The quantitative estimate of drug-likeness (QED) is 0.395. The largest absolute Gasteiger partial charge is 0.387 e. The number of aromatic amines is 1. The van der Waals surface area contributed by atoms with Gasteiger partial charge < -0.3 is 29.7 Å². The molecular formula is C10H13N4O7P. The van der Waals surface area contributed by atoms with Crippen molar-refractivity contribution in [1.82, 2.24) is 19.5 Å². The van der Waals surface area contributed by atoms with E-state index in [0.717, 1.165) is 6.33 Å². The molecule has 1 aliphatic rings. The van der Waals surface area contributed by atoms with E-state index in [1.165, 1.54) is 10.9 Å². The van der Waals surface area contributed by atoms with E-state index < -0.39 is 43.9 Å². The van der Waals surface area contributed by atoms with Gasteiger partial charge in [-0.1, -0.05) is 0 Å². The Morgan fingerprint density at radius 3 is 2.73 bits per heavy atom. The molecule has 0 aliphatic carbocycles. The Bertz CT molecular complexity index is 798. The van der Waals surface area contributed by atoms with E-state index >= 15 is 0 Å². The van der Waals surface area contributed by atoms with Crippen LogP contribution < -0.4 is 5.56 Å². The van der Waals surface area contributed by atoms with Gasteiger partial charge in [-0.2, -0.15) is 0 Å². The highest BCUT2D eigenvalue weighted by Crippen LogP contribution is 2.41. The minimum atomic E-state index is -4.43. The first-order valence-corrected chi connectivity index (χ1v) is 8.04. The predicted molar refractivity (Wildman–Crippen MR) is 71.0 cm³/mol. The second-order valence-electron chi connectivity index (χ2n) is 4.95. The molecule has 120 valence electrons. The Morgan fingerprint density at radius 1 is 1.32 bits per heavy atom. The molecule has 5 N–H and O–H groups in total. The molecule has 1 aliphatic heterocycles. The van der Waals surface area contributed by atoms with Crippen LogP contribution in [0.3, 0.4) is 0 Å². The number of nitrogens with one attached hydrogen (secondary N) is 1. The van der Waals surface area contributed by atoms with Crippen LogP contribution in [0.1, 0.15) is 6.23 Å². The van der Waals surface area contributed by atoms with E-state index in [-0.39, 0.29) is 11.2 Å². The smallest absolute Gasteiger partial charge is 0.328 e. The van der Waals surface area contributed by atoms with Crippen molar-refractivity contribution >= 4 is 18.8 Å². The number of fused-ring (bicyclic) bond motifs is 1. The lowest BCUT2D eigenvalue weighted by molar-refractivity contribution is -0.0300. The Labute approximate surface area is 122 Å². The number of aliphatic hydroxyl groups excluding tert-OH is 2. The Morgan fingerprint density at radius 2 is 2.05 bits per heavy atom. The molecule has 0 unspecified atom stereocenters. The van der Waals surface area contributed by atoms with Gasteiger partial charge in [0.2, 0.25) is 0 Å². The normalized spacial score (nSPS) is 29.3. The number of hydrogen-bond acceptors (Lipinski definition) is 7. The zero-order chi connectivity index (χ0) is 16.1. The number of nitrogens with zero attached hydrogens (tertiary/aromatic N) is 3. The fourth-order valence-electron chi connectivity index (χ4n) is 2.39. The van der Waals surface area contributed by atoms with Gasteiger partial charge in [-0.05, 0) is 0 Å². The summed E-state index contributed by atoms with van der Waals surface area (Å²) in [4.78, 5) is 39.6. The van der Waals surface area contributed by atoms with E-state index in [2.05, 4.69) is 15.0 Å². The van der Waals surface area contributed by atoms with Crippen LogP contribution in [0, 0.1) is 0 Å². The summed E-state index contributed by atoms with van der Waals surface area (Å²) in [5.74, 6) is 0. The van der Waals surface area contributed by atoms with Crippen LogP contribution in [0.25, 0.3) is 11.2 Å². The molecule has 0 bridgehead atoms. The number of aromatic nitrogens is 4. The predicted octanol–water partition coefficient (Wildman–Crippen LogP) is -2.08. The van der Waals surface area contributed by atoms with Gasteiger partial charge in [0.15, 0.2) is 17.4 Å². The van der Waals surface area contributed by atoms with Crippen LogP contribution in [0.15, 0.2) is 17.4 Å². The first kappa shape index (κ1) is 15.3. The fourth-order valence-corrected chi connectivity index (χ4v) is 3.16. The van der Waals surface area contributed by atoms with Gasteiger partial charge in [0.1, 0.15) is 18.3 Å². The number of rotatable bonds is 3. The summed E-state index contributed by atoms with van der Waals surface area (Å²) in [6.07, 6.45) is -3.73. The molecule has 3 heterocycles. The second-order valence-corrected chi connectivity index (χ2v) is 6.64. The summed E-state index contributed by atoms with van der Waals surface area (Å²) in [6.45, 7) is 0. The van der Waals surface area contributed by atoms with Gasteiger partial charge in [-0.3, -0.25) is 13.9 Å². The number of aliphatic hydroxyl groups is 2. The lowest BCUT2D eigenvalue weighted by Gasteiger charge is -2.16. The topological polar surface area (TPSA) is 171 Å². The SMILES string of the molecule is O=c1[nH]cnc2c1ncn2[C@@H]1O[C@H](CP(=O)(O)O)[C@@H](O)[C@H]1O. The van der Waals surface area contributed by atoms with E-state index in [0.29, 0.717) is 0 Å². The molecule has 1 fully saturated rings. The van der Waals surface area contributed by atoms with Crippen molar-refractivity contribution in [2.75, 3.05) is 6.16 Å². The summed E-state index contributed by atoms with van der Waals surface area (Å²) >= 11 is 0. The van der Waals surface area contributed by atoms with Gasteiger partial charge >= 0.3 is 7.60 Å². The molecule has 0 spiro atoms. The Kier molecular flexibility index (Phi) is 3.63. The maximum absolute atomic E-state index is 11.6. The molecule has 1 saturated heterocycles. The van der Waals surface area contributed by atoms with E-state index in [9.17, 15) is 19.6 Å². The van der Waals surface area contributed by atoms with E-state index in [1.807, 2.05) is 0 Å². The van der Waals surface area contributed by atoms with Crippen LogP contribution in [-0.2, 0) is 9.30 Å².